The van der Waals surface area contributed by atoms with Gasteiger partial charge in [0.15, 0.2) is 5.69 Å². The minimum Gasteiger partial charge on any atom is -0.355 e. The zero-order valence-electron chi connectivity index (χ0n) is 11.6. The van der Waals surface area contributed by atoms with E-state index in [0.717, 1.165) is 15.3 Å². The molecule has 0 unspecified atom stereocenters. The van der Waals surface area contributed by atoms with E-state index in [1.54, 1.807) is 19.2 Å². The molecule has 2 aromatic heterocycles. The molecule has 7 heteroatoms. The van der Waals surface area contributed by atoms with E-state index in [4.69, 9.17) is 5.26 Å². The SMILES string of the molecule is CNC(=O)c1ccc(-c2ccc(-c3n[nH]nc3C#N)s2)cc1. The van der Waals surface area contributed by atoms with Gasteiger partial charge in [0.2, 0.25) is 0 Å². The van der Waals surface area contributed by atoms with Crippen LogP contribution in [0.15, 0.2) is 36.4 Å². The zero-order valence-corrected chi connectivity index (χ0v) is 12.4. The van der Waals surface area contributed by atoms with Crippen LogP contribution in [0.25, 0.3) is 21.0 Å². The normalized spacial score (nSPS) is 10.2. The number of hydrogen-bond acceptors (Lipinski definition) is 5. The van der Waals surface area contributed by atoms with Gasteiger partial charge in [-0.05, 0) is 29.8 Å². The van der Waals surface area contributed by atoms with Crippen molar-refractivity contribution in [2.45, 2.75) is 0 Å². The van der Waals surface area contributed by atoms with Gasteiger partial charge in [0, 0.05) is 17.5 Å². The van der Waals surface area contributed by atoms with Crippen LogP contribution in [-0.4, -0.2) is 28.4 Å². The minimum atomic E-state index is -0.111. The molecule has 0 bridgehead atoms. The Morgan fingerprint density at radius 3 is 2.59 bits per heavy atom. The van der Waals surface area contributed by atoms with Crippen LogP contribution in [0.2, 0.25) is 0 Å². The summed E-state index contributed by atoms with van der Waals surface area (Å²) in [5, 5.41) is 21.9. The number of aromatic nitrogens is 3. The number of nitriles is 1. The van der Waals surface area contributed by atoms with Crippen molar-refractivity contribution in [3.8, 4) is 27.1 Å². The molecule has 0 aliphatic rings. The summed E-state index contributed by atoms with van der Waals surface area (Å²) in [6.07, 6.45) is 0. The first-order valence-electron chi connectivity index (χ1n) is 6.46. The molecule has 3 rings (SSSR count). The molecule has 1 aromatic carbocycles. The second-order valence-corrected chi connectivity index (χ2v) is 5.54. The van der Waals surface area contributed by atoms with Crippen LogP contribution in [0.4, 0.5) is 0 Å². The maximum absolute atomic E-state index is 11.5. The summed E-state index contributed by atoms with van der Waals surface area (Å²) in [5.41, 5.74) is 2.46. The number of hydrogen-bond donors (Lipinski definition) is 2. The Morgan fingerprint density at radius 2 is 1.91 bits per heavy atom. The van der Waals surface area contributed by atoms with Crippen LogP contribution < -0.4 is 5.32 Å². The molecule has 22 heavy (non-hydrogen) atoms. The Bertz CT molecular complexity index is 857. The Labute approximate surface area is 130 Å². The second kappa shape index (κ2) is 5.79. The maximum atomic E-state index is 11.5. The number of nitrogens with zero attached hydrogens (tertiary/aromatic N) is 3. The molecule has 108 valence electrons. The van der Waals surface area contributed by atoms with Gasteiger partial charge in [0.25, 0.3) is 5.91 Å². The molecular weight excluding hydrogens is 298 g/mol. The van der Waals surface area contributed by atoms with Crippen LogP contribution >= 0.6 is 11.3 Å². The molecule has 0 spiro atoms. The molecule has 2 N–H and O–H groups in total. The lowest BCUT2D eigenvalue weighted by Gasteiger charge is -2.01. The van der Waals surface area contributed by atoms with Gasteiger partial charge in [0.05, 0.1) is 4.88 Å². The van der Waals surface area contributed by atoms with Crippen molar-refractivity contribution in [3.05, 3.63) is 47.7 Å². The number of carbonyl (C=O) groups excluding carboxylic acids is 1. The van der Waals surface area contributed by atoms with Gasteiger partial charge in [-0.15, -0.1) is 16.4 Å². The van der Waals surface area contributed by atoms with Gasteiger partial charge in [-0.25, -0.2) is 0 Å². The summed E-state index contributed by atoms with van der Waals surface area (Å²) >= 11 is 1.52. The summed E-state index contributed by atoms with van der Waals surface area (Å²) in [4.78, 5) is 13.4. The average molecular weight is 309 g/mol. The van der Waals surface area contributed by atoms with Crippen LogP contribution in [0.3, 0.4) is 0 Å². The van der Waals surface area contributed by atoms with E-state index in [-0.39, 0.29) is 11.6 Å². The highest BCUT2D eigenvalue weighted by Gasteiger charge is 2.13. The highest BCUT2D eigenvalue weighted by Crippen LogP contribution is 2.34. The zero-order chi connectivity index (χ0) is 15.5. The fraction of sp³-hybridized carbons (Fsp3) is 0.0667. The third-order valence-corrected chi connectivity index (χ3v) is 4.29. The predicted molar refractivity (Wildman–Crippen MR) is 83.2 cm³/mol. The Hall–Kier alpha value is -2.98. The van der Waals surface area contributed by atoms with E-state index >= 15 is 0 Å². The van der Waals surface area contributed by atoms with Crippen molar-refractivity contribution in [1.82, 2.24) is 20.7 Å². The minimum absolute atomic E-state index is 0.111. The first kappa shape index (κ1) is 14.0. The highest BCUT2D eigenvalue weighted by molar-refractivity contribution is 7.18. The van der Waals surface area contributed by atoms with Crippen LogP contribution in [0.5, 0.6) is 0 Å². The quantitative estimate of drug-likeness (QED) is 0.777. The highest BCUT2D eigenvalue weighted by atomic mass is 32.1. The predicted octanol–water partition coefficient (Wildman–Crippen LogP) is 2.43. The third kappa shape index (κ3) is 2.47. The number of carbonyl (C=O) groups is 1. The summed E-state index contributed by atoms with van der Waals surface area (Å²) < 4.78 is 0. The fourth-order valence-electron chi connectivity index (χ4n) is 2.03. The molecule has 2 heterocycles. The lowest BCUT2D eigenvalue weighted by molar-refractivity contribution is 0.0963. The van der Waals surface area contributed by atoms with Crippen molar-refractivity contribution in [3.63, 3.8) is 0 Å². The fourth-order valence-corrected chi connectivity index (χ4v) is 3.03. The largest absolute Gasteiger partial charge is 0.355 e. The molecule has 0 saturated carbocycles. The first-order valence-corrected chi connectivity index (χ1v) is 7.28. The summed E-state index contributed by atoms with van der Waals surface area (Å²) in [5.74, 6) is -0.111. The van der Waals surface area contributed by atoms with Crippen molar-refractivity contribution in [2.24, 2.45) is 0 Å². The van der Waals surface area contributed by atoms with Gasteiger partial charge >= 0.3 is 0 Å². The Morgan fingerprint density at radius 1 is 1.18 bits per heavy atom. The number of nitrogens with one attached hydrogen (secondary N) is 2. The molecule has 0 aliphatic heterocycles. The molecule has 0 saturated heterocycles. The number of aromatic amines is 1. The number of thiophene rings is 1. The first-order chi connectivity index (χ1) is 10.7. The second-order valence-electron chi connectivity index (χ2n) is 4.45. The van der Waals surface area contributed by atoms with Crippen LogP contribution in [-0.2, 0) is 0 Å². The van der Waals surface area contributed by atoms with Crippen LogP contribution in [0.1, 0.15) is 16.1 Å². The molecule has 1 amide bonds. The molecule has 0 aliphatic carbocycles. The Balaban J connectivity index is 1.91. The standard InChI is InChI=1S/C15H11N5OS/c1-17-15(21)10-4-2-9(3-5-10)12-6-7-13(22-12)14-11(8-16)18-20-19-14/h2-7H,1H3,(H,17,21)(H,18,19,20). The maximum Gasteiger partial charge on any atom is 0.251 e. The van der Waals surface area contributed by atoms with Gasteiger partial charge < -0.3 is 5.32 Å². The summed E-state index contributed by atoms with van der Waals surface area (Å²) in [7, 11) is 1.60. The van der Waals surface area contributed by atoms with E-state index in [1.165, 1.54) is 11.3 Å². The lowest BCUT2D eigenvalue weighted by atomic mass is 10.1. The van der Waals surface area contributed by atoms with E-state index in [1.807, 2.05) is 30.3 Å². The molecular formula is C15H11N5OS. The molecule has 3 aromatic rings. The Kier molecular flexibility index (Phi) is 3.68. The number of H-pyrrole nitrogens is 1. The summed E-state index contributed by atoms with van der Waals surface area (Å²) in [6.45, 7) is 0. The number of amides is 1. The molecule has 0 fully saturated rings. The van der Waals surface area contributed by atoms with E-state index in [2.05, 4.69) is 20.7 Å². The van der Waals surface area contributed by atoms with Crippen LogP contribution in [0, 0.1) is 11.3 Å². The third-order valence-electron chi connectivity index (χ3n) is 3.15. The van der Waals surface area contributed by atoms with Gasteiger partial charge in [0.1, 0.15) is 11.8 Å². The summed E-state index contributed by atoms with van der Waals surface area (Å²) in [6, 6.07) is 13.2. The van der Waals surface area contributed by atoms with Gasteiger partial charge in [-0.1, -0.05) is 12.1 Å². The molecule has 0 atom stereocenters. The number of rotatable bonds is 3. The van der Waals surface area contributed by atoms with E-state index in [9.17, 15) is 4.79 Å². The average Bonchev–Trinajstić information content (AvgIpc) is 3.22. The topological polar surface area (TPSA) is 94.5 Å². The van der Waals surface area contributed by atoms with Gasteiger partial charge in [-0.2, -0.15) is 15.6 Å². The van der Waals surface area contributed by atoms with Crippen molar-refractivity contribution in [2.75, 3.05) is 7.05 Å². The molecule has 0 radical (unpaired) electrons. The van der Waals surface area contributed by atoms with E-state index < -0.39 is 0 Å². The number of benzene rings is 1. The smallest absolute Gasteiger partial charge is 0.251 e. The van der Waals surface area contributed by atoms with Gasteiger partial charge in [-0.3, -0.25) is 4.79 Å². The van der Waals surface area contributed by atoms with Crippen molar-refractivity contribution >= 4 is 17.2 Å². The molecule has 6 nitrogen and oxygen atoms in total. The van der Waals surface area contributed by atoms with Crippen molar-refractivity contribution in [1.29, 1.82) is 5.26 Å². The lowest BCUT2D eigenvalue weighted by Crippen LogP contribution is -2.17. The van der Waals surface area contributed by atoms with Crippen molar-refractivity contribution < 1.29 is 4.79 Å². The monoisotopic (exact) mass is 309 g/mol. The van der Waals surface area contributed by atoms with E-state index in [0.29, 0.717) is 11.3 Å².